The lowest BCUT2D eigenvalue weighted by atomic mass is 9.77. The molecule has 0 N–H and O–H groups in total. The average molecular weight is 281 g/mol. The molecule has 0 atom stereocenters. The normalized spacial score (nSPS) is 20.2. The van der Waals surface area contributed by atoms with E-state index in [0.29, 0.717) is 16.9 Å². The highest BCUT2D eigenvalue weighted by Gasteiger charge is 2.53. The maximum absolute atomic E-state index is 10.9. The van der Waals surface area contributed by atoms with Gasteiger partial charge in [0.25, 0.3) is 0 Å². The number of carbonyl (C=O) groups is 1. The smallest absolute Gasteiger partial charge is 0.458 e. The molecule has 0 radical (unpaired) electrons. The molecule has 1 aromatic heterocycles. The molecule has 0 saturated carbocycles. The van der Waals surface area contributed by atoms with E-state index in [9.17, 15) is 4.79 Å². The lowest BCUT2D eigenvalue weighted by Crippen LogP contribution is -2.41. The van der Waals surface area contributed by atoms with Gasteiger partial charge in [0.1, 0.15) is 0 Å². The Labute approximate surface area is 118 Å². The number of carbonyl (C=O) groups excluding carboxylic acids is 1. The molecule has 1 aliphatic heterocycles. The summed E-state index contributed by atoms with van der Waals surface area (Å²) < 4.78 is 22.1. The van der Waals surface area contributed by atoms with E-state index in [1.807, 2.05) is 27.7 Å². The second-order valence-corrected chi connectivity index (χ2v) is 5.97. The molecule has 2 heterocycles. The molecule has 0 aromatic carbocycles. The molecule has 1 saturated heterocycles. The van der Waals surface area contributed by atoms with Gasteiger partial charge in [0.15, 0.2) is 12.4 Å². The van der Waals surface area contributed by atoms with Crippen molar-refractivity contribution in [1.29, 1.82) is 0 Å². The summed E-state index contributed by atoms with van der Waals surface area (Å²) in [6, 6.07) is 0. The highest BCUT2D eigenvalue weighted by Crippen LogP contribution is 2.36. The third-order valence-electron chi connectivity index (χ3n) is 3.88. The Balaban J connectivity index is 2.26. The number of esters is 1. The second kappa shape index (κ2) is 4.89. The van der Waals surface area contributed by atoms with E-state index >= 15 is 0 Å². The van der Waals surface area contributed by atoms with Gasteiger partial charge < -0.3 is 18.6 Å². The van der Waals surface area contributed by atoms with Crippen molar-refractivity contribution in [2.24, 2.45) is 0 Å². The first-order valence-electron chi connectivity index (χ1n) is 6.58. The maximum atomic E-state index is 10.9. The van der Waals surface area contributed by atoms with E-state index in [2.05, 4.69) is 5.16 Å². The molecule has 2 rings (SSSR count). The SMILES string of the molecule is CC(=O)OCc1onc(C)c1B1OC(C)(C)C(C)(C)O1. The van der Waals surface area contributed by atoms with Crippen molar-refractivity contribution < 1.29 is 23.4 Å². The maximum Gasteiger partial charge on any atom is 0.500 e. The third kappa shape index (κ3) is 2.60. The Morgan fingerprint density at radius 2 is 1.80 bits per heavy atom. The van der Waals surface area contributed by atoms with Gasteiger partial charge in [-0.3, -0.25) is 4.79 Å². The highest BCUT2D eigenvalue weighted by atomic mass is 16.7. The van der Waals surface area contributed by atoms with Gasteiger partial charge in [-0.1, -0.05) is 5.16 Å². The van der Waals surface area contributed by atoms with Crippen molar-refractivity contribution >= 4 is 18.6 Å². The van der Waals surface area contributed by atoms with Crippen LogP contribution in [0.3, 0.4) is 0 Å². The van der Waals surface area contributed by atoms with Crippen molar-refractivity contribution in [3.63, 3.8) is 0 Å². The Morgan fingerprint density at radius 3 is 2.30 bits per heavy atom. The number of hydrogen-bond donors (Lipinski definition) is 0. The predicted molar refractivity (Wildman–Crippen MR) is 72.4 cm³/mol. The van der Waals surface area contributed by atoms with Crippen LogP contribution in [0, 0.1) is 6.92 Å². The molecule has 0 aliphatic carbocycles. The van der Waals surface area contributed by atoms with E-state index in [1.54, 1.807) is 6.92 Å². The first-order chi connectivity index (χ1) is 9.14. The first kappa shape index (κ1) is 15.1. The molecule has 0 amide bonds. The van der Waals surface area contributed by atoms with Crippen LogP contribution >= 0.6 is 0 Å². The number of ether oxygens (including phenoxy) is 1. The molecule has 20 heavy (non-hydrogen) atoms. The number of aryl methyl sites for hydroxylation is 1. The molecule has 1 aromatic rings. The molecule has 1 aliphatic rings. The largest absolute Gasteiger partial charge is 0.500 e. The minimum Gasteiger partial charge on any atom is -0.458 e. The van der Waals surface area contributed by atoms with Gasteiger partial charge in [-0.25, -0.2) is 0 Å². The minimum atomic E-state index is -0.572. The zero-order valence-electron chi connectivity index (χ0n) is 12.8. The van der Waals surface area contributed by atoms with Crippen molar-refractivity contribution in [3.05, 3.63) is 11.5 Å². The fraction of sp³-hybridized carbons (Fsp3) is 0.692. The number of aromatic nitrogens is 1. The summed E-state index contributed by atoms with van der Waals surface area (Å²) in [7, 11) is -0.572. The average Bonchev–Trinajstić information content (AvgIpc) is 2.74. The van der Waals surface area contributed by atoms with Gasteiger partial charge in [-0.2, -0.15) is 0 Å². The van der Waals surface area contributed by atoms with E-state index in [1.165, 1.54) is 6.92 Å². The lowest BCUT2D eigenvalue weighted by molar-refractivity contribution is -0.142. The van der Waals surface area contributed by atoms with Gasteiger partial charge >= 0.3 is 13.1 Å². The number of rotatable bonds is 3. The third-order valence-corrected chi connectivity index (χ3v) is 3.88. The Bertz CT molecular complexity index is 507. The fourth-order valence-corrected chi connectivity index (χ4v) is 1.96. The molecular weight excluding hydrogens is 261 g/mol. The summed E-state index contributed by atoms with van der Waals surface area (Å²) in [5.74, 6) is 0.0788. The van der Waals surface area contributed by atoms with E-state index in [0.717, 1.165) is 0 Å². The number of hydrogen-bond acceptors (Lipinski definition) is 6. The molecule has 0 bridgehead atoms. The van der Waals surface area contributed by atoms with E-state index in [4.69, 9.17) is 18.6 Å². The predicted octanol–water partition coefficient (Wildman–Crippen LogP) is 1.35. The molecule has 6 nitrogen and oxygen atoms in total. The summed E-state index contributed by atoms with van der Waals surface area (Å²) in [4.78, 5) is 10.9. The van der Waals surface area contributed by atoms with Gasteiger partial charge in [0.05, 0.1) is 22.4 Å². The van der Waals surface area contributed by atoms with Crippen molar-refractivity contribution in [3.8, 4) is 0 Å². The zero-order chi connectivity index (χ0) is 15.1. The molecular formula is C13H20BNO5. The summed E-state index contributed by atoms with van der Waals surface area (Å²) in [5, 5.41) is 3.91. The number of nitrogens with zero attached hydrogens (tertiary/aromatic N) is 1. The Kier molecular flexibility index (Phi) is 3.68. The van der Waals surface area contributed by atoms with Crippen LogP contribution in [0.2, 0.25) is 0 Å². The summed E-state index contributed by atoms with van der Waals surface area (Å²) in [5.41, 5.74) is 0.482. The zero-order valence-corrected chi connectivity index (χ0v) is 12.8. The molecule has 1 fully saturated rings. The van der Waals surface area contributed by atoms with Gasteiger partial charge in [-0.05, 0) is 34.6 Å². The van der Waals surface area contributed by atoms with E-state index in [-0.39, 0.29) is 12.6 Å². The van der Waals surface area contributed by atoms with Crippen LogP contribution in [0.15, 0.2) is 4.52 Å². The van der Waals surface area contributed by atoms with Gasteiger partial charge in [-0.15, -0.1) is 0 Å². The summed E-state index contributed by atoms with van der Waals surface area (Å²) in [6.07, 6.45) is 0. The van der Waals surface area contributed by atoms with Crippen LogP contribution in [0.5, 0.6) is 0 Å². The molecule has 0 spiro atoms. The van der Waals surface area contributed by atoms with Gasteiger partial charge in [0.2, 0.25) is 0 Å². The molecule has 110 valence electrons. The summed E-state index contributed by atoms with van der Waals surface area (Å²) in [6.45, 7) is 11.1. The second-order valence-electron chi connectivity index (χ2n) is 5.97. The minimum absolute atomic E-state index is 0.0234. The van der Waals surface area contributed by atoms with E-state index < -0.39 is 18.3 Å². The van der Waals surface area contributed by atoms with Crippen LogP contribution in [0.25, 0.3) is 0 Å². The molecule has 0 unspecified atom stereocenters. The van der Waals surface area contributed by atoms with Crippen LogP contribution in [-0.4, -0.2) is 29.4 Å². The highest BCUT2D eigenvalue weighted by molar-refractivity contribution is 6.63. The summed E-state index contributed by atoms with van der Waals surface area (Å²) >= 11 is 0. The monoisotopic (exact) mass is 281 g/mol. The first-order valence-corrected chi connectivity index (χ1v) is 6.58. The molecule has 7 heteroatoms. The quantitative estimate of drug-likeness (QED) is 0.615. The van der Waals surface area contributed by atoms with Crippen molar-refractivity contribution in [2.45, 2.75) is 59.4 Å². The van der Waals surface area contributed by atoms with Crippen molar-refractivity contribution in [1.82, 2.24) is 5.16 Å². The van der Waals surface area contributed by atoms with Crippen LogP contribution in [0.1, 0.15) is 46.1 Å². The van der Waals surface area contributed by atoms with Crippen LogP contribution in [0.4, 0.5) is 0 Å². The Hall–Kier alpha value is -1.34. The topological polar surface area (TPSA) is 70.8 Å². The standard InChI is InChI=1S/C13H20BNO5/c1-8-11(10(18-15-8)7-17-9(2)16)14-19-12(3,4)13(5,6)20-14/h7H2,1-6H3. The van der Waals surface area contributed by atoms with Crippen LogP contribution in [-0.2, 0) is 25.4 Å². The lowest BCUT2D eigenvalue weighted by Gasteiger charge is -2.32. The van der Waals surface area contributed by atoms with Crippen molar-refractivity contribution in [2.75, 3.05) is 0 Å². The van der Waals surface area contributed by atoms with Crippen LogP contribution < -0.4 is 5.46 Å². The van der Waals surface area contributed by atoms with Gasteiger partial charge in [0, 0.05) is 6.92 Å². The Morgan fingerprint density at radius 1 is 1.25 bits per heavy atom. The fourth-order valence-electron chi connectivity index (χ4n) is 1.96.